The lowest BCUT2D eigenvalue weighted by Crippen LogP contribution is -2.48. The Hall–Kier alpha value is -0.620. The van der Waals surface area contributed by atoms with Crippen LogP contribution in [-0.2, 0) is 14.8 Å². The van der Waals surface area contributed by atoms with Gasteiger partial charge >= 0.3 is 0 Å². The van der Waals surface area contributed by atoms with Crippen molar-refractivity contribution < 1.29 is 13.2 Å². The predicted molar refractivity (Wildman–Crippen MR) is 92.8 cm³/mol. The van der Waals surface area contributed by atoms with Crippen molar-refractivity contribution in [3.63, 3.8) is 0 Å². The highest BCUT2D eigenvalue weighted by atomic mass is 32.2. The fourth-order valence-corrected chi connectivity index (χ4v) is 7.76. The first-order valence-corrected chi connectivity index (χ1v) is 11.3. The van der Waals surface area contributed by atoms with Crippen LogP contribution in [-0.4, -0.2) is 44.0 Å². The zero-order chi connectivity index (χ0) is 16.8. The second-order valence-electron chi connectivity index (χ2n) is 8.87. The van der Waals surface area contributed by atoms with Gasteiger partial charge in [-0.25, -0.2) is 12.7 Å². The average Bonchev–Trinajstić information content (AvgIpc) is 2.99. The SMILES string of the molecule is O=C(CC12CC3CC(CC(C3)C1)C2)NCCS(=O)(=O)N1CCCC1. The Morgan fingerprint density at radius 2 is 1.54 bits per heavy atom. The molecule has 0 spiro atoms. The summed E-state index contributed by atoms with van der Waals surface area (Å²) in [6, 6.07) is 0. The van der Waals surface area contributed by atoms with Gasteiger partial charge in [0.2, 0.25) is 15.9 Å². The molecule has 1 aliphatic heterocycles. The highest BCUT2D eigenvalue weighted by Crippen LogP contribution is 2.61. The zero-order valence-electron chi connectivity index (χ0n) is 14.5. The largest absolute Gasteiger partial charge is 0.355 e. The van der Waals surface area contributed by atoms with Crippen molar-refractivity contribution in [2.24, 2.45) is 23.2 Å². The van der Waals surface area contributed by atoms with Crippen molar-refractivity contribution in [3.05, 3.63) is 0 Å². The van der Waals surface area contributed by atoms with Crippen LogP contribution < -0.4 is 5.32 Å². The summed E-state index contributed by atoms with van der Waals surface area (Å²) in [4.78, 5) is 12.4. The third-order valence-corrected chi connectivity index (χ3v) is 8.71. The van der Waals surface area contributed by atoms with Gasteiger partial charge in [0.05, 0.1) is 5.75 Å². The monoisotopic (exact) mass is 354 g/mol. The van der Waals surface area contributed by atoms with Crippen molar-refractivity contribution >= 4 is 15.9 Å². The van der Waals surface area contributed by atoms with E-state index in [1.165, 1.54) is 38.5 Å². The number of carbonyl (C=O) groups is 1. The van der Waals surface area contributed by atoms with E-state index in [-0.39, 0.29) is 23.6 Å². The minimum Gasteiger partial charge on any atom is -0.355 e. The van der Waals surface area contributed by atoms with Gasteiger partial charge in [-0.05, 0) is 74.5 Å². The van der Waals surface area contributed by atoms with E-state index in [0.717, 1.165) is 30.6 Å². The summed E-state index contributed by atoms with van der Waals surface area (Å²) in [5.41, 5.74) is 0.229. The summed E-state index contributed by atoms with van der Waals surface area (Å²) >= 11 is 0. The van der Waals surface area contributed by atoms with Crippen LogP contribution in [0.25, 0.3) is 0 Å². The molecule has 4 aliphatic carbocycles. The van der Waals surface area contributed by atoms with Gasteiger partial charge in [-0.2, -0.15) is 0 Å². The highest BCUT2D eigenvalue weighted by Gasteiger charge is 2.51. The van der Waals surface area contributed by atoms with Crippen LogP contribution in [0.4, 0.5) is 0 Å². The number of hydrogen-bond acceptors (Lipinski definition) is 3. The van der Waals surface area contributed by atoms with Crippen LogP contribution in [0, 0.1) is 23.2 Å². The molecule has 0 aromatic heterocycles. The number of sulfonamides is 1. The molecule has 136 valence electrons. The van der Waals surface area contributed by atoms with E-state index in [1.807, 2.05) is 0 Å². The molecule has 0 aromatic rings. The first-order valence-electron chi connectivity index (χ1n) is 9.69. The maximum absolute atomic E-state index is 12.4. The number of nitrogens with zero attached hydrogens (tertiary/aromatic N) is 1. The Morgan fingerprint density at radius 1 is 1.00 bits per heavy atom. The molecule has 4 bridgehead atoms. The number of rotatable bonds is 6. The van der Waals surface area contributed by atoms with Crippen LogP contribution in [0.15, 0.2) is 0 Å². The van der Waals surface area contributed by atoms with Crippen molar-refractivity contribution in [2.45, 2.75) is 57.8 Å². The smallest absolute Gasteiger partial charge is 0.220 e. The number of carbonyl (C=O) groups excluding carboxylic acids is 1. The fraction of sp³-hybridized carbons (Fsp3) is 0.944. The minimum absolute atomic E-state index is 0.0413. The minimum atomic E-state index is -3.19. The van der Waals surface area contributed by atoms with Crippen LogP contribution in [0.3, 0.4) is 0 Å². The van der Waals surface area contributed by atoms with Gasteiger partial charge < -0.3 is 5.32 Å². The highest BCUT2D eigenvalue weighted by molar-refractivity contribution is 7.89. The van der Waals surface area contributed by atoms with Crippen LogP contribution in [0.1, 0.15) is 57.8 Å². The van der Waals surface area contributed by atoms with Crippen LogP contribution >= 0.6 is 0 Å². The summed E-state index contributed by atoms with van der Waals surface area (Å²) in [7, 11) is -3.19. The molecule has 0 aromatic carbocycles. The first kappa shape index (κ1) is 16.8. The lowest BCUT2D eigenvalue weighted by atomic mass is 9.49. The molecule has 0 atom stereocenters. The number of nitrogens with one attached hydrogen (secondary N) is 1. The van der Waals surface area contributed by atoms with E-state index in [0.29, 0.717) is 19.5 Å². The summed E-state index contributed by atoms with van der Waals surface area (Å²) < 4.78 is 26.0. The molecule has 0 radical (unpaired) electrons. The molecule has 1 N–H and O–H groups in total. The van der Waals surface area contributed by atoms with Gasteiger partial charge in [-0.15, -0.1) is 0 Å². The van der Waals surface area contributed by atoms with Crippen molar-refractivity contribution in [2.75, 3.05) is 25.4 Å². The molecular formula is C18H30N2O3S. The topological polar surface area (TPSA) is 66.5 Å². The van der Waals surface area contributed by atoms with Crippen molar-refractivity contribution in [1.82, 2.24) is 9.62 Å². The molecule has 1 heterocycles. The molecule has 5 nitrogen and oxygen atoms in total. The first-order chi connectivity index (χ1) is 11.4. The van der Waals surface area contributed by atoms with E-state index < -0.39 is 10.0 Å². The Kier molecular flexibility index (Phi) is 4.40. The quantitative estimate of drug-likeness (QED) is 0.795. The maximum atomic E-state index is 12.4. The van der Waals surface area contributed by atoms with E-state index in [4.69, 9.17) is 0 Å². The molecular weight excluding hydrogens is 324 g/mol. The van der Waals surface area contributed by atoms with Gasteiger partial charge in [-0.1, -0.05) is 0 Å². The summed E-state index contributed by atoms with van der Waals surface area (Å²) in [5.74, 6) is 2.65. The second-order valence-corrected chi connectivity index (χ2v) is 11.0. The molecule has 5 aliphatic rings. The Bertz CT molecular complexity index is 560. The van der Waals surface area contributed by atoms with E-state index in [9.17, 15) is 13.2 Å². The molecule has 5 rings (SSSR count). The predicted octanol–water partition coefficient (Wildman–Crippen LogP) is 2.13. The summed E-state index contributed by atoms with van der Waals surface area (Å²) in [6.45, 7) is 1.54. The third kappa shape index (κ3) is 3.36. The average molecular weight is 355 g/mol. The van der Waals surface area contributed by atoms with Gasteiger partial charge in [-0.3, -0.25) is 4.79 Å². The summed E-state index contributed by atoms with van der Waals surface area (Å²) in [6.07, 6.45) is 10.3. The fourth-order valence-electron chi connectivity index (χ4n) is 6.32. The number of hydrogen-bond donors (Lipinski definition) is 1. The molecule has 24 heavy (non-hydrogen) atoms. The Balaban J connectivity index is 1.27. The Labute approximate surface area is 145 Å². The molecule has 5 fully saturated rings. The van der Waals surface area contributed by atoms with Crippen LogP contribution in [0.5, 0.6) is 0 Å². The van der Waals surface area contributed by atoms with E-state index >= 15 is 0 Å². The standard InChI is InChI=1S/C18H30N2O3S/c21-17(19-3-6-24(22,23)20-4-1-2-5-20)13-18-10-14-7-15(11-18)9-16(8-14)12-18/h14-16H,1-13H2,(H,19,21). The summed E-state index contributed by atoms with van der Waals surface area (Å²) in [5, 5.41) is 2.89. The van der Waals surface area contributed by atoms with Crippen molar-refractivity contribution in [3.8, 4) is 0 Å². The lowest BCUT2D eigenvalue weighted by Gasteiger charge is -2.56. The molecule has 0 unspecified atom stereocenters. The van der Waals surface area contributed by atoms with Gasteiger partial charge in [0.15, 0.2) is 0 Å². The van der Waals surface area contributed by atoms with Gasteiger partial charge in [0.25, 0.3) is 0 Å². The maximum Gasteiger partial charge on any atom is 0.220 e. The zero-order valence-corrected chi connectivity index (χ0v) is 15.3. The Morgan fingerprint density at radius 3 is 2.08 bits per heavy atom. The van der Waals surface area contributed by atoms with E-state index in [2.05, 4.69) is 5.32 Å². The molecule has 4 saturated carbocycles. The molecule has 6 heteroatoms. The molecule has 1 saturated heterocycles. The van der Waals surface area contributed by atoms with Gasteiger partial charge in [0, 0.05) is 26.1 Å². The van der Waals surface area contributed by atoms with E-state index in [1.54, 1.807) is 4.31 Å². The third-order valence-electron chi connectivity index (χ3n) is 6.84. The normalized spacial score (nSPS) is 38.6. The second kappa shape index (κ2) is 6.27. The lowest BCUT2D eigenvalue weighted by molar-refractivity contribution is -0.129. The van der Waals surface area contributed by atoms with Gasteiger partial charge in [0.1, 0.15) is 0 Å². The van der Waals surface area contributed by atoms with Crippen LogP contribution in [0.2, 0.25) is 0 Å². The van der Waals surface area contributed by atoms with Crippen molar-refractivity contribution in [1.29, 1.82) is 0 Å². The molecule has 1 amide bonds. The number of amides is 1.